The lowest BCUT2D eigenvalue weighted by atomic mass is 9.94. The van der Waals surface area contributed by atoms with Crippen molar-refractivity contribution in [2.24, 2.45) is 0 Å². The van der Waals surface area contributed by atoms with Crippen LogP contribution in [-0.2, 0) is 14.3 Å². The Kier molecular flexibility index (Phi) is 6.64. The molecule has 1 unspecified atom stereocenters. The molecule has 2 aromatic carbocycles. The summed E-state index contributed by atoms with van der Waals surface area (Å²) in [5.41, 5.74) is 0.851. The molecule has 1 aliphatic rings. The van der Waals surface area contributed by atoms with Gasteiger partial charge in [0.05, 0.1) is 32.4 Å². The average molecular weight is 432 g/mol. The molecule has 0 aromatic heterocycles. The van der Waals surface area contributed by atoms with Gasteiger partial charge >= 0.3 is 0 Å². The quantitative estimate of drug-likeness (QED) is 0.410. The molecular formula is C22H22ClNO6. The van der Waals surface area contributed by atoms with E-state index in [1.165, 1.54) is 26.2 Å². The Labute approximate surface area is 179 Å². The van der Waals surface area contributed by atoms with Crippen LogP contribution in [0.4, 0.5) is 0 Å². The fourth-order valence-electron chi connectivity index (χ4n) is 3.51. The van der Waals surface area contributed by atoms with Gasteiger partial charge < -0.3 is 24.2 Å². The number of amides is 1. The molecule has 1 aliphatic heterocycles. The molecule has 0 spiro atoms. The fraction of sp³-hybridized carbons (Fsp3) is 0.273. The maximum absolute atomic E-state index is 13.0. The molecule has 7 nitrogen and oxygen atoms in total. The Morgan fingerprint density at radius 1 is 1.07 bits per heavy atom. The number of methoxy groups -OCH3 is 3. The second-order valence-electron chi connectivity index (χ2n) is 6.57. The van der Waals surface area contributed by atoms with Crippen LogP contribution in [0.5, 0.6) is 11.5 Å². The maximum Gasteiger partial charge on any atom is 0.295 e. The molecule has 158 valence electrons. The number of aliphatic hydroxyl groups excluding tert-OH is 1. The van der Waals surface area contributed by atoms with Crippen molar-refractivity contribution in [2.45, 2.75) is 6.04 Å². The molecule has 0 aliphatic carbocycles. The summed E-state index contributed by atoms with van der Waals surface area (Å²) in [5, 5.41) is 11.5. The van der Waals surface area contributed by atoms with E-state index in [4.69, 9.17) is 25.8 Å². The van der Waals surface area contributed by atoms with Crippen LogP contribution in [0.1, 0.15) is 17.2 Å². The first kappa shape index (κ1) is 21.7. The van der Waals surface area contributed by atoms with Crippen LogP contribution in [0.3, 0.4) is 0 Å². The zero-order valence-electron chi connectivity index (χ0n) is 16.8. The van der Waals surface area contributed by atoms with Crippen LogP contribution < -0.4 is 9.47 Å². The topological polar surface area (TPSA) is 85.3 Å². The first-order valence-corrected chi connectivity index (χ1v) is 9.56. The number of halogens is 1. The van der Waals surface area contributed by atoms with Crippen molar-refractivity contribution in [3.8, 4) is 11.5 Å². The van der Waals surface area contributed by atoms with E-state index in [2.05, 4.69) is 0 Å². The van der Waals surface area contributed by atoms with Crippen LogP contribution in [0, 0.1) is 0 Å². The highest BCUT2D eigenvalue weighted by atomic mass is 35.5. The molecule has 1 heterocycles. The number of carbonyl (C=O) groups excluding carboxylic acids is 2. The van der Waals surface area contributed by atoms with Gasteiger partial charge in [0.25, 0.3) is 11.7 Å². The number of hydrogen-bond donors (Lipinski definition) is 1. The monoisotopic (exact) mass is 431 g/mol. The predicted molar refractivity (Wildman–Crippen MR) is 112 cm³/mol. The SMILES string of the molecule is COCCN1C(=O)C(=O)/C(=C(/O)c2ccc(Cl)cc2)C1c1cccc(OC)c1OC. The van der Waals surface area contributed by atoms with Gasteiger partial charge in [-0.05, 0) is 30.3 Å². The van der Waals surface area contributed by atoms with Crippen LogP contribution in [0.25, 0.3) is 5.76 Å². The summed E-state index contributed by atoms with van der Waals surface area (Å²) in [7, 11) is 4.48. The molecule has 0 bridgehead atoms. The Morgan fingerprint density at radius 2 is 1.77 bits per heavy atom. The number of aliphatic hydroxyl groups is 1. The zero-order valence-corrected chi connectivity index (χ0v) is 17.6. The summed E-state index contributed by atoms with van der Waals surface area (Å²) >= 11 is 5.93. The minimum atomic E-state index is -0.874. The van der Waals surface area contributed by atoms with Crippen molar-refractivity contribution in [3.63, 3.8) is 0 Å². The van der Waals surface area contributed by atoms with Gasteiger partial charge in [0, 0.05) is 29.8 Å². The van der Waals surface area contributed by atoms with E-state index in [0.717, 1.165) is 0 Å². The number of benzene rings is 2. The van der Waals surface area contributed by atoms with Crippen molar-refractivity contribution >= 4 is 29.1 Å². The Balaban J connectivity index is 2.24. The molecule has 30 heavy (non-hydrogen) atoms. The highest BCUT2D eigenvalue weighted by Gasteiger charge is 2.47. The van der Waals surface area contributed by atoms with E-state index in [1.807, 2.05) is 0 Å². The summed E-state index contributed by atoms with van der Waals surface area (Å²) in [6.07, 6.45) is 0. The number of carbonyl (C=O) groups is 2. The van der Waals surface area contributed by atoms with Gasteiger partial charge in [-0.2, -0.15) is 0 Å². The van der Waals surface area contributed by atoms with Crippen LogP contribution in [-0.4, -0.2) is 56.2 Å². The predicted octanol–water partition coefficient (Wildman–Crippen LogP) is 3.43. The summed E-state index contributed by atoms with van der Waals surface area (Å²) in [4.78, 5) is 27.1. The molecule has 3 rings (SSSR count). The van der Waals surface area contributed by atoms with Gasteiger partial charge in [-0.3, -0.25) is 9.59 Å². The molecule has 1 atom stereocenters. The van der Waals surface area contributed by atoms with Gasteiger partial charge in [0.2, 0.25) is 0 Å². The minimum Gasteiger partial charge on any atom is -0.507 e. The van der Waals surface area contributed by atoms with Gasteiger partial charge in [0.15, 0.2) is 11.5 Å². The van der Waals surface area contributed by atoms with Crippen molar-refractivity contribution in [3.05, 3.63) is 64.2 Å². The van der Waals surface area contributed by atoms with E-state index in [0.29, 0.717) is 27.6 Å². The zero-order chi connectivity index (χ0) is 21.8. The van der Waals surface area contributed by atoms with Crippen molar-refractivity contribution in [2.75, 3.05) is 34.5 Å². The number of ketones is 1. The number of likely N-dealkylation sites (tertiary alicyclic amines) is 1. The standard InChI is InChI=1S/C22H22ClNO6/c1-28-12-11-24-18(15-5-4-6-16(29-2)21(15)30-3)17(20(26)22(24)27)19(25)13-7-9-14(23)10-8-13/h4-10,18,25H,11-12H2,1-3H3/b19-17+. The number of Topliss-reactive ketones (excluding diaryl/α,β-unsaturated/α-hetero) is 1. The van der Waals surface area contributed by atoms with Gasteiger partial charge in [-0.15, -0.1) is 0 Å². The summed E-state index contributed by atoms with van der Waals surface area (Å²) in [5.74, 6) is -0.985. The number of hydrogen-bond acceptors (Lipinski definition) is 6. The van der Waals surface area contributed by atoms with Crippen molar-refractivity contribution < 1.29 is 28.9 Å². The van der Waals surface area contributed by atoms with Crippen molar-refractivity contribution in [1.29, 1.82) is 0 Å². The third-order valence-corrected chi connectivity index (χ3v) is 5.17. The number of nitrogens with zero attached hydrogens (tertiary/aromatic N) is 1. The molecule has 2 aromatic rings. The Morgan fingerprint density at radius 3 is 2.37 bits per heavy atom. The van der Waals surface area contributed by atoms with Gasteiger partial charge in [-0.1, -0.05) is 23.7 Å². The molecule has 0 radical (unpaired) electrons. The second-order valence-corrected chi connectivity index (χ2v) is 7.01. The lowest BCUT2D eigenvalue weighted by Crippen LogP contribution is -2.32. The Bertz CT molecular complexity index is 986. The van der Waals surface area contributed by atoms with E-state index in [9.17, 15) is 14.7 Å². The van der Waals surface area contributed by atoms with E-state index in [1.54, 1.807) is 42.5 Å². The molecule has 1 fully saturated rings. The second kappa shape index (κ2) is 9.19. The van der Waals surface area contributed by atoms with Crippen LogP contribution in [0.2, 0.25) is 5.02 Å². The van der Waals surface area contributed by atoms with E-state index in [-0.39, 0.29) is 24.5 Å². The summed E-state index contributed by atoms with van der Waals surface area (Å²) < 4.78 is 16.0. The van der Waals surface area contributed by atoms with E-state index >= 15 is 0 Å². The first-order chi connectivity index (χ1) is 14.4. The molecule has 1 amide bonds. The number of ether oxygens (including phenoxy) is 3. The van der Waals surface area contributed by atoms with Gasteiger partial charge in [0.1, 0.15) is 5.76 Å². The molecule has 8 heteroatoms. The minimum absolute atomic E-state index is 0.0371. The maximum atomic E-state index is 13.0. The van der Waals surface area contributed by atoms with Crippen LogP contribution in [0.15, 0.2) is 48.0 Å². The first-order valence-electron chi connectivity index (χ1n) is 9.18. The third kappa shape index (κ3) is 3.86. The van der Waals surface area contributed by atoms with Gasteiger partial charge in [-0.25, -0.2) is 0 Å². The largest absolute Gasteiger partial charge is 0.507 e. The van der Waals surface area contributed by atoms with E-state index < -0.39 is 17.7 Å². The third-order valence-electron chi connectivity index (χ3n) is 4.92. The molecule has 0 saturated carbocycles. The number of rotatable bonds is 7. The normalized spacial score (nSPS) is 18.0. The van der Waals surface area contributed by atoms with Crippen molar-refractivity contribution in [1.82, 2.24) is 4.90 Å². The average Bonchev–Trinajstić information content (AvgIpc) is 3.01. The summed E-state index contributed by atoms with van der Waals surface area (Å²) in [6, 6.07) is 10.7. The fourth-order valence-corrected chi connectivity index (χ4v) is 3.64. The number of para-hydroxylation sites is 1. The Hall–Kier alpha value is -3.03. The smallest absolute Gasteiger partial charge is 0.295 e. The van der Waals surface area contributed by atoms with Crippen LogP contribution >= 0.6 is 11.6 Å². The summed E-state index contributed by atoms with van der Waals surface area (Å²) in [6.45, 7) is 0.375. The lowest BCUT2D eigenvalue weighted by Gasteiger charge is -2.27. The lowest BCUT2D eigenvalue weighted by molar-refractivity contribution is -0.140. The highest BCUT2D eigenvalue weighted by Crippen LogP contribution is 2.45. The highest BCUT2D eigenvalue weighted by molar-refractivity contribution is 6.46. The molecular weight excluding hydrogens is 410 g/mol. The molecule has 1 N–H and O–H groups in total. The molecule has 1 saturated heterocycles.